The number of nitrogens with zero attached hydrogens (tertiary/aromatic N) is 1. The van der Waals surface area contributed by atoms with E-state index >= 15 is 0 Å². The van der Waals surface area contributed by atoms with Crippen molar-refractivity contribution < 1.29 is 24.1 Å². The van der Waals surface area contributed by atoms with Crippen LogP contribution in [0.15, 0.2) is 42.2 Å². The Kier molecular flexibility index (Phi) is 7.26. The summed E-state index contributed by atoms with van der Waals surface area (Å²) in [5, 5.41) is 9.31. The number of aliphatic hydroxyl groups is 1. The van der Waals surface area contributed by atoms with Gasteiger partial charge in [-0.2, -0.15) is 0 Å². The Bertz CT molecular complexity index is 627. The van der Waals surface area contributed by atoms with Crippen molar-refractivity contribution in [3.8, 4) is 0 Å². The predicted octanol–water partition coefficient (Wildman–Crippen LogP) is 2.29. The topological polar surface area (TPSA) is 68.2 Å². The minimum Gasteiger partial charge on any atom is -0.459 e. The summed E-state index contributed by atoms with van der Waals surface area (Å²) in [6.07, 6.45) is 2.86. The van der Waals surface area contributed by atoms with E-state index in [1.54, 1.807) is 4.90 Å². The molecule has 0 aromatic heterocycles. The lowest BCUT2D eigenvalue weighted by molar-refractivity contribution is -0.171. The molecule has 1 N–H and O–H groups in total. The normalized spacial score (nSPS) is 25.6. The van der Waals surface area contributed by atoms with E-state index in [4.69, 9.17) is 14.2 Å². The van der Waals surface area contributed by atoms with E-state index in [2.05, 4.69) is 12.1 Å². The Morgan fingerprint density at radius 2 is 2.00 bits per heavy atom. The highest BCUT2D eigenvalue weighted by Crippen LogP contribution is 2.39. The predicted molar refractivity (Wildman–Crippen MR) is 101 cm³/mol. The number of rotatable bonds is 7. The molecule has 2 heterocycles. The van der Waals surface area contributed by atoms with Crippen LogP contribution in [0.4, 0.5) is 0 Å². The maximum atomic E-state index is 13.0. The summed E-state index contributed by atoms with van der Waals surface area (Å²) in [5.41, 5.74) is 1.13. The molecule has 3 rings (SSSR count). The highest BCUT2D eigenvalue weighted by molar-refractivity contribution is 5.92. The van der Waals surface area contributed by atoms with Gasteiger partial charge in [-0.05, 0) is 31.4 Å². The molecule has 1 aromatic rings. The van der Waals surface area contributed by atoms with Gasteiger partial charge in [0, 0.05) is 38.1 Å². The molecule has 2 aliphatic rings. The molecule has 0 saturated carbocycles. The Hall–Kier alpha value is -1.89. The number of benzene rings is 1. The molecule has 6 nitrogen and oxygen atoms in total. The molecule has 2 aliphatic heterocycles. The van der Waals surface area contributed by atoms with Crippen molar-refractivity contribution in [1.82, 2.24) is 4.90 Å². The third-order valence-electron chi connectivity index (χ3n) is 5.10. The maximum absolute atomic E-state index is 13.0. The van der Waals surface area contributed by atoms with Crippen molar-refractivity contribution in [1.29, 1.82) is 0 Å². The molecule has 0 unspecified atom stereocenters. The van der Waals surface area contributed by atoms with E-state index in [-0.39, 0.29) is 24.3 Å². The average Bonchev–Trinajstić information content (AvgIpc) is 2.73. The fraction of sp³-hybridized carbons (Fsp3) is 0.571. The molecular formula is C21H29NO5. The van der Waals surface area contributed by atoms with Crippen LogP contribution in [0.25, 0.3) is 0 Å². The lowest BCUT2D eigenvalue weighted by Crippen LogP contribution is -2.44. The summed E-state index contributed by atoms with van der Waals surface area (Å²) >= 11 is 0. The number of amides is 1. The van der Waals surface area contributed by atoms with E-state index in [0.717, 1.165) is 12.0 Å². The van der Waals surface area contributed by atoms with Crippen molar-refractivity contribution in [3.05, 3.63) is 47.7 Å². The first-order valence-corrected chi connectivity index (χ1v) is 9.77. The number of carbonyl (C=O) groups is 1. The zero-order valence-corrected chi connectivity index (χ0v) is 15.9. The van der Waals surface area contributed by atoms with Gasteiger partial charge in [0.05, 0.1) is 13.2 Å². The molecule has 6 heteroatoms. The molecule has 3 atom stereocenters. The molecule has 0 bridgehead atoms. The zero-order valence-electron chi connectivity index (χ0n) is 15.9. The largest absolute Gasteiger partial charge is 0.459 e. The number of aliphatic hydroxyl groups excluding tert-OH is 1. The highest BCUT2D eigenvalue weighted by Gasteiger charge is 2.38. The average molecular weight is 375 g/mol. The molecule has 0 radical (unpaired) electrons. The van der Waals surface area contributed by atoms with Gasteiger partial charge in [0.2, 0.25) is 6.29 Å². The Labute approximate surface area is 160 Å². The van der Waals surface area contributed by atoms with Gasteiger partial charge in [-0.3, -0.25) is 4.79 Å². The molecule has 1 saturated heterocycles. The summed E-state index contributed by atoms with van der Waals surface area (Å²) in [6, 6.07) is 10.1. The van der Waals surface area contributed by atoms with Crippen LogP contribution < -0.4 is 0 Å². The van der Waals surface area contributed by atoms with Crippen molar-refractivity contribution in [3.63, 3.8) is 0 Å². The minimum atomic E-state index is -0.503. The number of hydrogen-bond acceptors (Lipinski definition) is 5. The zero-order chi connectivity index (χ0) is 19.1. The van der Waals surface area contributed by atoms with Gasteiger partial charge in [0.25, 0.3) is 5.91 Å². The van der Waals surface area contributed by atoms with Crippen molar-refractivity contribution in [2.24, 2.45) is 5.92 Å². The van der Waals surface area contributed by atoms with Gasteiger partial charge in [0.1, 0.15) is 0 Å². The molecule has 148 valence electrons. The number of allylic oxidation sites excluding steroid dienone is 1. The standard InChI is InChI=1S/C21H29NO5/c1-2-26-21-17(9-6-12-23)18(16-7-4-3-5-8-16)15-19(27-21)20(24)22-10-13-25-14-11-22/h3-5,7-8,15,17-18,21,23H,2,6,9-14H2,1H3/t17-,18-,21-/m1/s1. The van der Waals surface area contributed by atoms with Crippen LogP contribution in [0, 0.1) is 5.92 Å². The van der Waals surface area contributed by atoms with E-state index in [1.807, 2.05) is 31.2 Å². The Morgan fingerprint density at radius 3 is 2.67 bits per heavy atom. The number of morpholine rings is 1. The van der Waals surface area contributed by atoms with E-state index in [0.29, 0.717) is 45.1 Å². The third kappa shape index (κ3) is 4.89. The van der Waals surface area contributed by atoms with Crippen LogP contribution >= 0.6 is 0 Å². The van der Waals surface area contributed by atoms with Crippen LogP contribution in [0.1, 0.15) is 31.2 Å². The van der Waals surface area contributed by atoms with Gasteiger partial charge in [0.15, 0.2) is 5.76 Å². The quantitative estimate of drug-likeness (QED) is 0.792. The van der Waals surface area contributed by atoms with Gasteiger partial charge in [-0.1, -0.05) is 30.3 Å². The molecule has 0 aliphatic carbocycles. The van der Waals surface area contributed by atoms with Crippen molar-refractivity contribution in [2.75, 3.05) is 39.5 Å². The smallest absolute Gasteiger partial charge is 0.288 e. The first kappa shape index (κ1) is 19.9. The first-order chi connectivity index (χ1) is 13.2. The van der Waals surface area contributed by atoms with Gasteiger partial charge < -0.3 is 24.2 Å². The van der Waals surface area contributed by atoms with Crippen LogP contribution in [0.2, 0.25) is 0 Å². The fourth-order valence-corrected chi connectivity index (χ4v) is 3.73. The van der Waals surface area contributed by atoms with Gasteiger partial charge in [-0.25, -0.2) is 0 Å². The number of carbonyl (C=O) groups excluding carboxylic acids is 1. The second kappa shape index (κ2) is 9.88. The van der Waals surface area contributed by atoms with Crippen molar-refractivity contribution >= 4 is 5.91 Å². The second-order valence-electron chi connectivity index (χ2n) is 6.84. The van der Waals surface area contributed by atoms with Crippen LogP contribution in [-0.4, -0.2) is 61.7 Å². The Balaban J connectivity index is 1.90. The molecular weight excluding hydrogens is 346 g/mol. The molecule has 27 heavy (non-hydrogen) atoms. The lowest BCUT2D eigenvalue weighted by Gasteiger charge is -2.38. The summed E-state index contributed by atoms with van der Waals surface area (Å²) < 4.78 is 17.2. The minimum absolute atomic E-state index is 0.00282. The molecule has 1 fully saturated rings. The Morgan fingerprint density at radius 1 is 1.26 bits per heavy atom. The second-order valence-corrected chi connectivity index (χ2v) is 6.84. The third-order valence-corrected chi connectivity index (χ3v) is 5.10. The fourth-order valence-electron chi connectivity index (χ4n) is 3.73. The molecule has 1 aromatic carbocycles. The van der Waals surface area contributed by atoms with Crippen LogP contribution in [0.3, 0.4) is 0 Å². The van der Waals surface area contributed by atoms with E-state index < -0.39 is 6.29 Å². The van der Waals surface area contributed by atoms with Gasteiger partial charge >= 0.3 is 0 Å². The van der Waals surface area contributed by atoms with E-state index in [9.17, 15) is 9.90 Å². The lowest BCUT2D eigenvalue weighted by atomic mass is 9.80. The number of ether oxygens (including phenoxy) is 3. The first-order valence-electron chi connectivity index (χ1n) is 9.77. The summed E-state index contributed by atoms with van der Waals surface area (Å²) in [7, 11) is 0. The van der Waals surface area contributed by atoms with Crippen molar-refractivity contribution in [2.45, 2.75) is 32.0 Å². The summed E-state index contributed by atoms with van der Waals surface area (Å²) in [6.45, 7) is 4.79. The SMILES string of the molecule is CCO[C@@H]1OC(C(=O)N2CCOCC2)=C[C@H](c2ccccc2)[C@H]1CCCO. The monoisotopic (exact) mass is 375 g/mol. The highest BCUT2D eigenvalue weighted by atomic mass is 16.7. The summed E-state index contributed by atoms with van der Waals surface area (Å²) in [5.74, 6) is 0.290. The molecule has 1 amide bonds. The van der Waals surface area contributed by atoms with Gasteiger partial charge in [-0.15, -0.1) is 0 Å². The number of hydrogen-bond donors (Lipinski definition) is 1. The van der Waals surface area contributed by atoms with Crippen LogP contribution in [0.5, 0.6) is 0 Å². The summed E-state index contributed by atoms with van der Waals surface area (Å²) in [4.78, 5) is 14.8. The molecule has 0 spiro atoms. The maximum Gasteiger partial charge on any atom is 0.288 e. The van der Waals surface area contributed by atoms with Crippen LogP contribution in [-0.2, 0) is 19.0 Å². The van der Waals surface area contributed by atoms with E-state index in [1.165, 1.54) is 0 Å².